The lowest BCUT2D eigenvalue weighted by Gasteiger charge is -2.36. The zero-order valence-electron chi connectivity index (χ0n) is 19.4. The number of aromatic nitrogens is 1. The Labute approximate surface area is 193 Å². The molecule has 6 nitrogen and oxygen atoms in total. The van der Waals surface area contributed by atoms with E-state index in [9.17, 15) is 14.7 Å². The van der Waals surface area contributed by atoms with Crippen molar-refractivity contribution < 1.29 is 19.3 Å². The van der Waals surface area contributed by atoms with Gasteiger partial charge in [0.25, 0.3) is 13.0 Å². The van der Waals surface area contributed by atoms with E-state index in [0.29, 0.717) is 31.6 Å². The van der Waals surface area contributed by atoms with Gasteiger partial charge in [0.15, 0.2) is 5.60 Å². The third kappa shape index (κ3) is 3.13. The summed E-state index contributed by atoms with van der Waals surface area (Å²) in [4.78, 5) is 26.6. The van der Waals surface area contributed by atoms with Crippen LogP contribution in [0.3, 0.4) is 0 Å². The largest absolute Gasteiger partial charge is 0.508 e. The van der Waals surface area contributed by atoms with Crippen molar-refractivity contribution in [3.8, 4) is 17.0 Å². The highest BCUT2D eigenvalue weighted by atomic mass is 16.6. The first-order valence-corrected chi connectivity index (χ1v) is 11.8. The fourth-order valence-electron chi connectivity index (χ4n) is 5.37. The number of hydrogen-bond acceptors (Lipinski definition) is 5. The second-order valence-corrected chi connectivity index (χ2v) is 8.91. The number of aromatic hydroxyl groups is 1. The maximum Gasteiger partial charge on any atom is 0.342 e. The summed E-state index contributed by atoms with van der Waals surface area (Å²) in [5.41, 5.74) is 3.81. The maximum absolute atomic E-state index is 13.6. The molecule has 3 aromatic rings. The van der Waals surface area contributed by atoms with Gasteiger partial charge < -0.3 is 19.1 Å². The van der Waals surface area contributed by atoms with E-state index >= 15 is 0 Å². The van der Waals surface area contributed by atoms with E-state index in [4.69, 9.17) is 9.39 Å². The summed E-state index contributed by atoms with van der Waals surface area (Å²) in [5.74, 6) is -0.188. The Kier molecular flexibility index (Phi) is 5.32. The van der Waals surface area contributed by atoms with Crippen LogP contribution in [0.15, 0.2) is 35.1 Å². The molecule has 2 aromatic carbocycles. The Bertz CT molecular complexity index is 1340. The van der Waals surface area contributed by atoms with E-state index in [2.05, 4.69) is 19.9 Å². The maximum atomic E-state index is 13.6. The molecule has 0 spiro atoms. The van der Waals surface area contributed by atoms with Gasteiger partial charge in [0.2, 0.25) is 0 Å². The lowest BCUT2D eigenvalue weighted by Crippen LogP contribution is -2.47. The Morgan fingerprint density at radius 2 is 1.97 bits per heavy atom. The number of carbonyl (C=O) groups excluding carboxylic acids is 1. The number of aryl methyl sites for hydroxylation is 1. The van der Waals surface area contributed by atoms with Crippen LogP contribution < -0.4 is 5.56 Å². The summed E-state index contributed by atoms with van der Waals surface area (Å²) < 4.78 is 13.4. The molecule has 7 heteroatoms. The molecule has 3 heterocycles. The van der Waals surface area contributed by atoms with Crippen LogP contribution in [0.4, 0.5) is 0 Å². The molecule has 0 saturated heterocycles. The lowest BCUT2D eigenvalue weighted by molar-refractivity contribution is -0.168. The third-order valence-corrected chi connectivity index (χ3v) is 7.15. The van der Waals surface area contributed by atoms with Gasteiger partial charge in [0.05, 0.1) is 17.8 Å². The Balaban J connectivity index is 1.75. The Hall–Kier alpha value is -3.06. The number of phenols is 1. The van der Waals surface area contributed by atoms with Gasteiger partial charge in [-0.25, -0.2) is 4.79 Å². The number of ether oxygens (including phenoxy) is 1. The predicted molar refractivity (Wildman–Crippen MR) is 129 cm³/mol. The third-order valence-electron chi connectivity index (χ3n) is 7.15. The van der Waals surface area contributed by atoms with Crippen LogP contribution in [0.5, 0.6) is 5.75 Å². The number of hydrogen-bond donors (Lipinski definition) is 1. The van der Waals surface area contributed by atoms with Crippen LogP contribution in [-0.2, 0) is 39.4 Å². The van der Waals surface area contributed by atoms with Crippen LogP contribution in [0.2, 0.25) is 6.32 Å². The van der Waals surface area contributed by atoms with Crippen molar-refractivity contribution in [3.05, 3.63) is 62.9 Å². The van der Waals surface area contributed by atoms with Crippen molar-refractivity contribution in [2.45, 2.75) is 65.1 Å². The smallest absolute Gasteiger partial charge is 0.342 e. The van der Waals surface area contributed by atoms with E-state index in [1.807, 2.05) is 19.1 Å². The molecule has 0 aliphatic carbocycles. The van der Waals surface area contributed by atoms with Crippen LogP contribution in [0.25, 0.3) is 22.0 Å². The Morgan fingerprint density at radius 3 is 2.70 bits per heavy atom. The average Bonchev–Trinajstić information content (AvgIpc) is 3.18. The number of carbonyl (C=O) groups is 1. The highest BCUT2D eigenvalue weighted by Gasteiger charge is 2.47. The fraction of sp³-hybridized carbons (Fsp3) is 0.385. The van der Waals surface area contributed by atoms with Crippen LogP contribution in [0, 0.1) is 0 Å². The highest BCUT2D eigenvalue weighted by molar-refractivity contribution is 6.27. The number of esters is 1. The molecule has 0 radical (unpaired) electrons. The second kappa shape index (κ2) is 8.06. The quantitative estimate of drug-likeness (QED) is 0.274. The van der Waals surface area contributed by atoms with Gasteiger partial charge in [-0.1, -0.05) is 39.6 Å². The summed E-state index contributed by atoms with van der Waals surface area (Å²) in [6, 6.07) is 9.44. The highest BCUT2D eigenvalue weighted by Crippen LogP contribution is 2.43. The normalized spacial score (nSPS) is 18.6. The second-order valence-electron chi connectivity index (χ2n) is 8.91. The first-order valence-electron chi connectivity index (χ1n) is 11.8. The zero-order chi connectivity index (χ0) is 23.3. The van der Waals surface area contributed by atoms with Crippen molar-refractivity contribution in [1.29, 1.82) is 0 Å². The number of rotatable bonds is 6. The molecule has 0 saturated carbocycles. The zero-order valence-corrected chi connectivity index (χ0v) is 19.4. The Morgan fingerprint density at radius 1 is 1.15 bits per heavy atom. The standard InChI is InChI=1S/C26H28BNO5/c1-4-9-27-33-26(6-3)22-12-23-19-10-15-7-8-16(29)11-18(15)17(5-2)20(19)13-28(23)24(30)21(22)14-32-25(26)31/h7-8,10-12,27,29H,4-6,9,13-14H2,1-3H3/t26-/m0/s1. The van der Waals surface area contributed by atoms with Crippen molar-refractivity contribution in [1.82, 2.24) is 4.57 Å². The van der Waals surface area contributed by atoms with E-state index in [1.165, 1.54) is 0 Å². The molecular formula is C26H28BNO5. The number of phenolic OH excluding ortho intramolecular Hbond substituents is 1. The summed E-state index contributed by atoms with van der Waals surface area (Å²) in [7, 11) is 0.433. The molecule has 1 atom stereocenters. The summed E-state index contributed by atoms with van der Waals surface area (Å²) >= 11 is 0. The molecule has 170 valence electrons. The number of fused-ring (bicyclic) bond motifs is 5. The molecule has 2 aliphatic heterocycles. The van der Waals surface area contributed by atoms with Crippen LogP contribution in [-0.4, -0.2) is 23.1 Å². The van der Waals surface area contributed by atoms with Crippen molar-refractivity contribution in [2.24, 2.45) is 0 Å². The SMILES string of the molecule is CCCBO[C@]1(CC)C(=O)OCc2c1cc1n(c2=O)Cc2c-1cc1ccc(O)cc1c2CC. The fourth-order valence-corrected chi connectivity index (χ4v) is 5.37. The number of cyclic esters (lactones) is 1. The topological polar surface area (TPSA) is 77.8 Å². The van der Waals surface area contributed by atoms with Gasteiger partial charge in [0.1, 0.15) is 12.4 Å². The van der Waals surface area contributed by atoms with Gasteiger partial charge in [-0.15, -0.1) is 0 Å². The number of nitrogens with zero attached hydrogens (tertiary/aromatic N) is 1. The minimum absolute atomic E-state index is 0.0288. The molecule has 0 amide bonds. The minimum atomic E-state index is -1.25. The van der Waals surface area contributed by atoms with Gasteiger partial charge in [-0.05, 0) is 59.0 Å². The van der Waals surface area contributed by atoms with Crippen LogP contribution in [0.1, 0.15) is 55.9 Å². The first-order chi connectivity index (χ1) is 15.9. The molecular weight excluding hydrogens is 417 g/mol. The van der Waals surface area contributed by atoms with Gasteiger partial charge in [-0.2, -0.15) is 0 Å². The minimum Gasteiger partial charge on any atom is -0.508 e. The molecule has 0 unspecified atom stereocenters. The van der Waals surface area contributed by atoms with E-state index in [0.717, 1.165) is 52.3 Å². The molecule has 0 fully saturated rings. The molecule has 5 rings (SSSR count). The monoisotopic (exact) mass is 445 g/mol. The van der Waals surface area contributed by atoms with Crippen molar-refractivity contribution >= 4 is 24.2 Å². The summed E-state index contributed by atoms with van der Waals surface area (Å²) in [6.45, 7) is 6.50. The summed E-state index contributed by atoms with van der Waals surface area (Å²) in [6.07, 6.45) is 2.96. The predicted octanol–water partition coefficient (Wildman–Crippen LogP) is 4.16. The van der Waals surface area contributed by atoms with Gasteiger partial charge in [-0.3, -0.25) is 4.79 Å². The molecule has 1 N–H and O–H groups in total. The summed E-state index contributed by atoms with van der Waals surface area (Å²) in [5, 5.41) is 12.1. The molecule has 0 bridgehead atoms. The van der Waals surface area contributed by atoms with Crippen molar-refractivity contribution in [2.75, 3.05) is 0 Å². The lowest BCUT2D eigenvalue weighted by atomic mass is 9.82. The van der Waals surface area contributed by atoms with Gasteiger partial charge >= 0.3 is 5.97 Å². The van der Waals surface area contributed by atoms with E-state index < -0.39 is 11.6 Å². The van der Waals surface area contributed by atoms with Crippen LogP contribution >= 0.6 is 0 Å². The van der Waals surface area contributed by atoms with E-state index in [1.54, 1.807) is 16.7 Å². The van der Waals surface area contributed by atoms with Gasteiger partial charge in [0, 0.05) is 11.1 Å². The van der Waals surface area contributed by atoms with Crippen molar-refractivity contribution in [3.63, 3.8) is 0 Å². The van der Waals surface area contributed by atoms with E-state index in [-0.39, 0.29) is 17.9 Å². The number of pyridine rings is 1. The first kappa shape index (κ1) is 21.8. The number of benzene rings is 2. The molecule has 33 heavy (non-hydrogen) atoms. The molecule has 2 aliphatic rings. The average molecular weight is 445 g/mol. The molecule has 1 aromatic heterocycles.